The Balaban J connectivity index is 1.79. The van der Waals surface area contributed by atoms with Gasteiger partial charge in [-0.25, -0.2) is 14.8 Å². The van der Waals surface area contributed by atoms with Crippen LogP contribution in [0.25, 0.3) is 32.0 Å². The molecule has 4 aromatic rings. The van der Waals surface area contributed by atoms with Crippen LogP contribution in [0.4, 0.5) is 0 Å². The van der Waals surface area contributed by atoms with Crippen molar-refractivity contribution in [3.8, 4) is 21.8 Å². The van der Waals surface area contributed by atoms with E-state index in [1.807, 2.05) is 30.3 Å². The Kier molecular flexibility index (Phi) is 3.55. The molecule has 0 bridgehead atoms. The van der Waals surface area contributed by atoms with E-state index in [9.17, 15) is 4.79 Å². The molecule has 4 nitrogen and oxygen atoms in total. The van der Waals surface area contributed by atoms with E-state index in [1.54, 1.807) is 12.1 Å². The first kappa shape index (κ1) is 14.5. The van der Waals surface area contributed by atoms with Gasteiger partial charge in [0, 0.05) is 0 Å². The van der Waals surface area contributed by atoms with Gasteiger partial charge in [-0.3, -0.25) is 0 Å². The summed E-state index contributed by atoms with van der Waals surface area (Å²) in [6.07, 6.45) is 0. The number of hydrogen-bond acceptors (Lipinski definition) is 4. The molecule has 0 saturated carbocycles. The van der Waals surface area contributed by atoms with Gasteiger partial charge in [-0.05, 0) is 35.4 Å². The molecule has 0 amide bonds. The zero-order valence-electron chi connectivity index (χ0n) is 12.5. The number of nitrogens with zero attached hydrogens (tertiary/aromatic N) is 2. The van der Waals surface area contributed by atoms with Gasteiger partial charge >= 0.3 is 5.97 Å². The molecule has 0 fully saturated rings. The summed E-state index contributed by atoms with van der Waals surface area (Å²) >= 11 is 1.51. The number of rotatable bonds is 3. The third-order valence-electron chi connectivity index (χ3n) is 3.68. The predicted molar refractivity (Wildman–Crippen MR) is 95.2 cm³/mol. The van der Waals surface area contributed by atoms with E-state index in [0.717, 1.165) is 26.4 Å². The zero-order valence-corrected chi connectivity index (χ0v) is 13.3. The molecule has 0 saturated heterocycles. The van der Waals surface area contributed by atoms with Crippen molar-refractivity contribution in [3.05, 3.63) is 72.4 Å². The number of aromatic nitrogens is 2. The zero-order chi connectivity index (χ0) is 16.5. The number of carboxylic acids is 1. The lowest BCUT2D eigenvalue weighted by Crippen LogP contribution is -2.00. The summed E-state index contributed by atoms with van der Waals surface area (Å²) in [4.78, 5) is 19.8. The van der Waals surface area contributed by atoms with Gasteiger partial charge in [-0.2, -0.15) is 0 Å². The first-order valence-corrected chi connectivity index (χ1v) is 8.19. The van der Waals surface area contributed by atoms with Gasteiger partial charge in [-0.15, -0.1) is 11.3 Å². The smallest absolute Gasteiger partial charge is 0.354 e. The summed E-state index contributed by atoms with van der Waals surface area (Å²) in [5, 5.41) is 9.80. The van der Waals surface area contributed by atoms with Crippen molar-refractivity contribution in [2.45, 2.75) is 0 Å². The molecule has 0 aliphatic carbocycles. The van der Waals surface area contributed by atoms with Crippen LogP contribution in [-0.2, 0) is 0 Å². The highest BCUT2D eigenvalue weighted by Crippen LogP contribution is 2.32. The highest BCUT2D eigenvalue weighted by atomic mass is 32.1. The van der Waals surface area contributed by atoms with Crippen molar-refractivity contribution < 1.29 is 9.90 Å². The molecule has 5 heteroatoms. The Bertz CT molecular complexity index is 1040. The van der Waals surface area contributed by atoms with Crippen molar-refractivity contribution >= 4 is 27.5 Å². The number of carboxylic acid groups (broad SMARTS) is 1. The van der Waals surface area contributed by atoms with Crippen LogP contribution in [0.15, 0.2) is 66.7 Å². The van der Waals surface area contributed by atoms with Gasteiger partial charge < -0.3 is 5.11 Å². The summed E-state index contributed by atoms with van der Waals surface area (Å²) in [7, 11) is 0. The minimum absolute atomic E-state index is 0.0248. The normalized spacial score (nSPS) is 10.8. The summed E-state index contributed by atoms with van der Waals surface area (Å²) in [6.45, 7) is 0. The van der Waals surface area contributed by atoms with E-state index in [-0.39, 0.29) is 5.69 Å². The van der Waals surface area contributed by atoms with Gasteiger partial charge in [0.15, 0.2) is 0 Å². The van der Waals surface area contributed by atoms with E-state index in [0.29, 0.717) is 5.69 Å². The molecule has 116 valence electrons. The van der Waals surface area contributed by atoms with E-state index < -0.39 is 5.97 Å². The Morgan fingerprint density at radius 3 is 2.50 bits per heavy atom. The first-order valence-electron chi connectivity index (χ1n) is 7.37. The lowest BCUT2D eigenvalue weighted by molar-refractivity contribution is 0.0690. The van der Waals surface area contributed by atoms with Crippen molar-refractivity contribution in [3.63, 3.8) is 0 Å². The maximum absolute atomic E-state index is 11.1. The minimum atomic E-state index is -1.04. The Morgan fingerprint density at radius 2 is 1.71 bits per heavy atom. The van der Waals surface area contributed by atoms with E-state index in [4.69, 9.17) is 5.11 Å². The Labute approximate surface area is 142 Å². The molecule has 0 radical (unpaired) electrons. The molecule has 1 N–H and O–H groups in total. The van der Waals surface area contributed by atoms with Crippen LogP contribution >= 0.6 is 11.3 Å². The van der Waals surface area contributed by atoms with Crippen molar-refractivity contribution in [2.24, 2.45) is 0 Å². The SMILES string of the molecule is O=C(O)c1cccc(-c2nc3ccc(-c4ccccc4)cc3s2)n1. The molecule has 4 rings (SSSR count). The summed E-state index contributed by atoms with van der Waals surface area (Å²) < 4.78 is 1.05. The topological polar surface area (TPSA) is 63.1 Å². The number of aromatic carboxylic acids is 1. The monoisotopic (exact) mass is 332 g/mol. The largest absolute Gasteiger partial charge is 0.477 e. The second-order valence-corrected chi connectivity index (χ2v) is 6.31. The Hall–Kier alpha value is -3.05. The van der Waals surface area contributed by atoms with Crippen LogP contribution in [0.2, 0.25) is 0 Å². The first-order chi connectivity index (χ1) is 11.7. The van der Waals surface area contributed by atoms with Crippen molar-refractivity contribution in [1.82, 2.24) is 9.97 Å². The molecule has 0 aliphatic rings. The van der Waals surface area contributed by atoms with Crippen molar-refractivity contribution in [1.29, 1.82) is 0 Å². The van der Waals surface area contributed by atoms with E-state index in [2.05, 4.69) is 28.2 Å². The lowest BCUT2D eigenvalue weighted by atomic mass is 10.1. The molecule has 0 spiro atoms. The Morgan fingerprint density at radius 1 is 0.875 bits per heavy atom. The number of pyridine rings is 1. The van der Waals surface area contributed by atoms with E-state index in [1.165, 1.54) is 17.4 Å². The molecular weight excluding hydrogens is 320 g/mol. The maximum Gasteiger partial charge on any atom is 0.354 e. The fraction of sp³-hybridized carbons (Fsp3) is 0. The average Bonchev–Trinajstić information content (AvgIpc) is 3.06. The van der Waals surface area contributed by atoms with Gasteiger partial charge in [0.1, 0.15) is 10.7 Å². The van der Waals surface area contributed by atoms with Crippen LogP contribution in [0, 0.1) is 0 Å². The summed E-state index contributed by atoms with van der Waals surface area (Å²) in [5.41, 5.74) is 3.78. The highest BCUT2D eigenvalue weighted by molar-refractivity contribution is 7.21. The molecule has 0 aliphatic heterocycles. The predicted octanol–water partition coefficient (Wildman–Crippen LogP) is 4.72. The lowest BCUT2D eigenvalue weighted by Gasteiger charge is -2.00. The molecule has 2 heterocycles. The fourth-order valence-electron chi connectivity index (χ4n) is 2.52. The summed E-state index contributed by atoms with van der Waals surface area (Å²) in [5.74, 6) is -1.04. The molecule has 24 heavy (non-hydrogen) atoms. The fourth-order valence-corrected chi connectivity index (χ4v) is 3.49. The van der Waals surface area contributed by atoms with Gasteiger partial charge in [0.2, 0.25) is 0 Å². The second kappa shape index (κ2) is 5.86. The van der Waals surface area contributed by atoms with Crippen LogP contribution in [0.1, 0.15) is 10.5 Å². The van der Waals surface area contributed by atoms with Gasteiger partial charge in [0.05, 0.1) is 15.9 Å². The quantitative estimate of drug-likeness (QED) is 0.589. The third kappa shape index (κ3) is 2.66. The maximum atomic E-state index is 11.1. The van der Waals surface area contributed by atoms with Crippen molar-refractivity contribution in [2.75, 3.05) is 0 Å². The number of carbonyl (C=O) groups is 1. The molecular formula is C19H12N2O2S. The average molecular weight is 332 g/mol. The number of benzene rings is 2. The summed E-state index contributed by atoms with van der Waals surface area (Å²) in [6, 6.07) is 21.2. The van der Waals surface area contributed by atoms with Crippen LogP contribution in [-0.4, -0.2) is 21.0 Å². The van der Waals surface area contributed by atoms with Gasteiger partial charge in [-0.1, -0.05) is 42.5 Å². The van der Waals surface area contributed by atoms with E-state index >= 15 is 0 Å². The molecule has 2 aromatic heterocycles. The van der Waals surface area contributed by atoms with Crippen LogP contribution in [0.5, 0.6) is 0 Å². The molecule has 0 unspecified atom stereocenters. The minimum Gasteiger partial charge on any atom is -0.477 e. The standard InChI is InChI=1S/C19H12N2O2S/c22-19(23)16-8-4-7-15(20-16)18-21-14-10-9-13(11-17(14)24-18)12-5-2-1-3-6-12/h1-11H,(H,22,23). The number of hydrogen-bond donors (Lipinski definition) is 1. The second-order valence-electron chi connectivity index (χ2n) is 5.28. The van der Waals surface area contributed by atoms with Gasteiger partial charge in [0.25, 0.3) is 0 Å². The third-order valence-corrected chi connectivity index (χ3v) is 4.72. The number of fused-ring (bicyclic) bond motifs is 1. The molecule has 0 atom stereocenters. The molecule has 2 aromatic carbocycles. The number of thiazole rings is 1. The highest BCUT2D eigenvalue weighted by Gasteiger charge is 2.11. The van der Waals surface area contributed by atoms with Crippen LogP contribution < -0.4 is 0 Å². The van der Waals surface area contributed by atoms with Crippen LogP contribution in [0.3, 0.4) is 0 Å².